The van der Waals surface area contributed by atoms with Gasteiger partial charge in [0.1, 0.15) is 0 Å². The summed E-state index contributed by atoms with van der Waals surface area (Å²) < 4.78 is 0. The molecule has 94 valence electrons. The van der Waals surface area contributed by atoms with E-state index in [1.165, 1.54) is 16.7 Å². The van der Waals surface area contributed by atoms with Gasteiger partial charge in [0.05, 0.1) is 0 Å². The van der Waals surface area contributed by atoms with Crippen molar-refractivity contribution in [3.63, 3.8) is 0 Å². The molecule has 1 aliphatic rings. The molecule has 0 saturated carbocycles. The molecule has 1 aromatic rings. The minimum absolute atomic E-state index is 0.247. The summed E-state index contributed by atoms with van der Waals surface area (Å²) in [6, 6.07) is 6.78. The van der Waals surface area contributed by atoms with E-state index < -0.39 is 0 Å². The topological polar surface area (TPSA) is 15.3 Å². The molecule has 1 N–H and O–H groups in total. The van der Waals surface area contributed by atoms with E-state index in [9.17, 15) is 0 Å². The zero-order chi connectivity index (χ0) is 12.5. The molecule has 2 nitrogen and oxygen atoms in total. The fourth-order valence-electron chi connectivity index (χ4n) is 2.65. The summed E-state index contributed by atoms with van der Waals surface area (Å²) in [6.07, 6.45) is 0. The molecule has 1 fully saturated rings. The maximum atomic E-state index is 3.56. The van der Waals surface area contributed by atoms with E-state index in [0.29, 0.717) is 0 Å². The highest BCUT2D eigenvalue weighted by Gasteiger charge is 2.25. The van der Waals surface area contributed by atoms with Crippen molar-refractivity contribution in [2.45, 2.75) is 39.8 Å². The van der Waals surface area contributed by atoms with Crippen LogP contribution in [0.5, 0.6) is 0 Å². The molecule has 0 amide bonds. The largest absolute Gasteiger partial charge is 0.309 e. The first kappa shape index (κ1) is 12.6. The third-order valence-corrected chi connectivity index (χ3v) is 3.54. The van der Waals surface area contributed by atoms with E-state index >= 15 is 0 Å². The van der Waals surface area contributed by atoms with Crippen LogP contribution in [0.4, 0.5) is 0 Å². The molecular formula is C15H24N2. The summed E-state index contributed by atoms with van der Waals surface area (Å²) in [6.45, 7) is 13.4. The van der Waals surface area contributed by atoms with Gasteiger partial charge in [0.25, 0.3) is 0 Å². The highest BCUT2D eigenvalue weighted by atomic mass is 15.2. The second kappa shape index (κ2) is 4.79. The maximum absolute atomic E-state index is 3.56. The average molecular weight is 232 g/mol. The van der Waals surface area contributed by atoms with Gasteiger partial charge < -0.3 is 5.32 Å². The Morgan fingerprint density at radius 1 is 1.29 bits per heavy atom. The van der Waals surface area contributed by atoms with Gasteiger partial charge >= 0.3 is 0 Å². The van der Waals surface area contributed by atoms with Crippen LogP contribution in [0.15, 0.2) is 18.2 Å². The van der Waals surface area contributed by atoms with Crippen molar-refractivity contribution < 1.29 is 0 Å². The second-order valence-electron chi connectivity index (χ2n) is 5.95. The predicted molar refractivity (Wildman–Crippen MR) is 73.3 cm³/mol. The molecule has 0 spiro atoms. The zero-order valence-corrected chi connectivity index (χ0v) is 11.5. The average Bonchev–Trinajstić information content (AvgIpc) is 2.21. The van der Waals surface area contributed by atoms with Gasteiger partial charge in [-0.2, -0.15) is 0 Å². The molecule has 1 heterocycles. The lowest BCUT2D eigenvalue weighted by Gasteiger charge is -2.39. The van der Waals surface area contributed by atoms with Crippen LogP contribution in [0.25, 0.3) is 0 Å². The van der Waals surface area contributed by atoms with Gasteiger partial charge in [0, 0.05) is 31.7 Å². The molecule has 1 aliphatic heterocycles. The van der Waals surface area contributed by atoms with Crippen molar-refractivity contribution in [2.24, 2.45) is 0 Å². The summed E-state index contributed by atoms with van der Waals surface area (Å²) in [5, 5.41) is 3.56. The minimum Gasteiger partial charge on any atom is -0.309 e. The van der Waals surface area contributed by atoms with E-state index in [1.807, 2.05) is 0 Å². The first-order valence-corrected chi connectivity index (χ1v) is 6.50. The maximum Gasteiger partial charge on any atom is 0.0252 e. The van der Waals surface area contributed by atoms with Crippen molar-refractivity contribution in [1.29, 1.82) is 0 Å². The van der Waals surface area contributed by atoms with Crippen LogP contribution >= 0.6 is 0 Å². The van der Waals surface area contributed by atoms with Crippen LogP contribution in [-0.2, 0) is 6.54 Å². The van der Waals surface area contributed by atoms with E-state index in [0.717, 1.165) is 26.2 Å². The first-order valence-electron chi connectivity index (χ1n) is 6.50. The van der Waals surface area contributed by atoms with Gasteiger partial charge in [-0.1, -0.05) is 23.8 Å². The summed E-state index contributed by atoms with van der Waals surface area (Å²) in [5.74, 6) is 0. The summed E-state index contributed by atoms with van der Waals surface area (Å²) >= 11 is 0. The normalized spacial score (nSPS) is 20.5. The highest BCUT2D eigenvalue weighted by Crippen LogP contribution is 2.16. The summed E-state index contributed by atoms with van der Waals surface area (Å²) in [5.41, 5.74) is 4.48. The third-order valence-electron chi connectivity index (χ3n) is 3.54. The van der Waals surface area contributed by atoms with E-state index in [1.54, 1.807) is 0 Å². The lowest BCUT2D eigenvalue weighted by atomic mass is 10.0. The van der Waals surface area contributed by atoms with Crippen LogP contribution in [0.3, 0.4) is 0 Å². The van der Waals surface area contributed by atoms with E-state index in [-0.39, 0.29) is 5.54 Å². The Hall–Kier alpha value is -0.860. The van der Waals surface area contributed by atoms with E-state index in [2.05, 4.69) is 56.1 Å². The Balaban J connectivity index is 2.05. The van der Waals surface area contributed by atoms with Crippen molar-refractivity contribution in [2.75, 3.05) is 19.6 Å². The van der Waals surface area contributed by atoms with Crippen LogP contribution in [0, 0.1) is 13.8 Å². The van der Waals surface area contributed by atoms with Gasteiger partial charge in [0.2, 0.25) is 0 Å². The van der Waals surface area contributed by atoms with Gasteiger partial charge in [0.15, 0.2) is 0 Å². The monoisotopic (exact) mass is 232 g/mol. The predicted octanol–water partition coefficient (Wildman–Crippen LogP) is 2.49. The molecule has 17 heavy (non-hydrogen) atoms. The van der Waals surface area contributed by atoms with Crippen LogP contribution < -0.4 is 5.32 Å². The lowest BCUT2D eigenvalue weighted by molar-refractivity contribution is 0.148. The molecule has 2 rings (SSSR count). The Kier molecular flexibility index (Phi) is 3.55. The third kappa shape index (κ3) is 3.30. The molecule has 1 saturated heterocycles. The number of aryl methyl sites for hydroxylation is 2. The van der Waals surface area contributed by atoms with E-state index in [4.69, 9.17) is 0 Å². The smallest absolute Gasteiger partial charge is 0.0252 e. The number of hydrogen-bond acceptors (Lipinski definition) is 2. The van der Waals surface area contributed by atoms with Crippen molar-refractivity contribution in [1.82, 2.24) is 10.2 Å². The number of nitrogens with zero attached hydrogens (tertiary/aromatic N) is 1. The number of benzene rings is 1. The van der Waals surface area contributed by atoms with Crippen molar-refractivity contribution in [3.05, 3.63) is 34.9 Å². The number of piperazine rings is 1. The fourth-order valence-corrected chi connectivity index (χ4v) is 2.65. The first-order chi connectivity index (χ1) is 7.96. The molecule has 0 bridgehead atoms. The molecule has 0 aliphatic carbocycles. The molecule has 0 radical (unpaired) electrons. The van der Waals surface area contributed by atoms with Gasteiger partial charge in [-0.25, -0.2) is 0 Å². The molecule has 2 heteroatoms. The molecule has 0 aromatic heterocycles. The molecular weight excluding hydrogens is 208 g/mol. The van der Waals surface area contributed by atoms with Crippen LogP contribution in [0.2, 0.25) is 0 Å². The standard InChI is InChI=1S/C15H24N2/c1-12-5-6-14(13(2)9-12)10-17-8-7-16-15(3,4)11-17/h5-6,9,16H,7-8,10-11H2,1-4H3. The SMILES string of the molecule is Cc1ccc(CN2CCNC(C)(C)C2)c(C)c1. The zero-order valence-electron chi connectivity index (χ0n) is 11.5. The van der Waals surface area contributed by atoms with Gasteiger partial charge in [-0.05, 0) is 38.8 Å². The summed E-state index contributed by atoms with van der Waals surface area (Å²) in [7, 11) is 0. The molecule has 1 aromatic carbocycles. The Morgan fingerprint density at radius 2 is 2.06 bits per heavy atom. The number of nitrogens with one attached hydrogen (secondary N) is 1. The Labute approximate surface area is 105 Å². The quantitative estimate of drug-likeness (QED) is 0.843. The lowest BCUT2D eigenvalue weighted by Crippen LogP contribution is -2.56. The molecule has 0 atom stereocenters. The van der Waals surface area contributed by atoms with Crippen LogP contribution in [0.1, 0.15) is 30.5 Å². The second-order valence-corrected chi connectivity index (χ2v) is 5.95. The Morgan fingerprint density at radius 3 is 2.71 bits per heavy atom. The van der Waals surface area contributed by atoms with Crippen molar-refractivity contribution in [3.8, 4) is 0 Å². The number of rotatable bonds is 2. The Bertz CT molecular complexity index is 396. The minimum atomic E-state index is 0.247. The van der Waals surface area contributed by atoms with Gasteiger partial charge in [-0.15, -0.1) is 0 Å². The molecule has 0 unspecified atom stereocenters. The van der Waals surface area contributed by atoms with Crippen molar-refractivity contribution >= 4 is 0 Å². The van der Waals surface area contributed by atoms with Crippen LogP contribution in [-0.4, -0.2) is 30.1 Å². The van der Waals surface area contributed by atoms with Gasteiger partial charge in [-0.3, -0.25) is 4.90 Å². The fraction of sp³-hybridized carbons (Fsp3) is 0.600. The number of hydrogen-bond donors (Lipinski definition) is 1. The summed E-state index contributed by atoms with van der Waals surface area (Å²) in [4.78, 5) is 2.55. The highest BCUT2D eigenvalue weighted by molar-refractivity contribution is 5.30.